The van der Waals surface area contributed by atoms with Crippen LogP contribution in [-0.2, 0) is 22.9 Å². The summed E-state index contributed by atoms with van der Waals surface area (Å²) < 4.78 is 23.3. The Balaban J connectivity index is 0.00000338. The summed E-state index contributed by atoms with van der Waals surface area (Å²) in [5, 5.41) is 6.45. The molecule has 0 saturated heterocycles. The van der Waals surface area contributed by atoms with Crippen molar-refractivity contribution >= 4 is 39.8 Å². The van der Waals surface area contributed by atoms with Gasteiger partial charge in [-0.15, -0.1) is 24.0 Å². The van der Waals surface area contributed by atoms with Crippen LogP contribution in [0.5, 0.6) is 0 Å². The van der Waals surface area contributed by atoms with Gasteiger partial charge in [0.05, 0.1) is 17.1 Å². The van der Waals surface area contributed by atoms with Gasteiger partial charge in [-0.25, -0.2) is 8.42 Å². The number of nitrogens with zero attached hydrogens (tertiary/aromatic N) is 2. The molecule has 0 spiro atoms. The van der Waals surface area contributed by atoms with Crippen LogP contribution < -0.4 is 10.6 Å². The molecule has 0 atom stereocenters. The number of guanidine groups is 1. The van der Waals surface area contributed by atoms with Crippen LogP contribution in [0.3, 0.4) is 0 Å². The SMILES string of the molecule is CN=C(NCc1ccc(S(C)(=O)=O)c(C)c1)NCc1ncccc1C.I. The van der Waals surface area contributed by atoms with Crippen molar-refractivity contribution in [3.05, 3.63) is 58.9 Å². The first-order valence-electron chi connectivity index (χ1n) is 7.96. The van der Waals surface area contributed by atoms with Crippen LogP contribution >= 0.6 is 24.0 Å². The Morgan fingerprint density at radius 1 is 1.12 bits per heavy atom. The second-order valence-corrected chi connectivity index (χ2v) is 7.90. The van der Waals surface area contributed by atoms with E-state index in [0.717, 1.165) is 22.4 Å². The third-order valence-electron chi connectivity index (χ3n) is 3.86. The van der Waals surface area contributed by atoms with Crippen molar-refractivity contribution in [3.63, 3.8) is 0 Å². The van der Waals surface area contributed by atoms with E-state index in [2.05, 4.69) is 20.6 Å². The lowest BCUT2D eigenvalue weighted by Gasteiger charge is -2.13. The molecule has 1 heterocycles. The minimum Gasteiger partial charge on any atom is -0.352 e. The van der Waals surface area contributed by atoms with Gasteiger partial charge in [-0.3, -0.25) is 9.98 Å². The Morgan fingerprint density at radius 3 is 2.38 bits per heavy atom. The van der Waals surface area contributed by atoms with Crippen molar-refractivity contribution in [3.8, 4) is 0 Å². The number of halogens is 1. The quantitative estimate of drug-likeness (QED) is 0.384. The average Bonchev–Trinajstić information content (AvgIpc) is 2.55. The summed E-state index contributed by atoms with van der Waals surface area (Å²) in [5.74, 6) is 0.662. The molecule has 0 bridgehead atoms. The molecule has 1 aromatic carbocycles. The Labute approximate surface area is 172 Å². The maximum atomic E-state index is 11.7. The number of hydrogen-bond donors (Lipinski definition) is 2. The smallest absolute Gasteiger partial charge is 0.191 e. The van der Waals surface area contributed by atoms with Gasteiger partial charge in [0.15, 0.2) is 15.8 Å². The molecule has 0 aliphatic carbocycles. The third kappa shape index (κ3) is 6.24. The molecule has 0 aliphatic rings. The molecule has 8 heteroatoms. The van der Waals surface area contributed by atoms with Crippen molar-refractivity contribution in [2.24, 2.45) is 4.99 Å². The fourth-order valence-electron chi connectivity index (χ4n) is 2.51. The van der Waals surface area contributed by atoms with E-state index < -0.39 is 9.84 Å². The molecule has 1 aromatic heterocycles. The van der Waals surface area contributed by atoms with Gasteiger partial charge in [0, 0.05) is 26.0 Å². The molecule has 142 valence electrons. The van der Waals surface area contributed by atoms with E-state index in [1.165, 1.54) is 6.26 Å². The highest BCUT2D eigenvalue weighted by atomic mass is 127. The minimum atomic E-state index is -3.19. The lowest BCUT2D eigenvalue weighted by atomic mass is 10.1. The van der Waals surface area contributed by atoms with E-state index >= 15 is 0 Å². The standard InChI is InChI=1S/C18H24N4O2S.HI/c1-13-6-5-9-20-16(13)12-22-18(19-3)21-11-15-7-8-17(14(2)10-15)25(4,23)24;/h5-10H,11-12H2,1-4H3,(H2,19,21,22);1H. The van der Waals surface area contributed by atoms with Crippen LogP contribution in [0.4, 0.5) is 0 Å². The molecule has 0 aliphatic heterocycles. The Morgan fingerprint density at radius 2 is 1.81 bits per heavy atom. The second-order valence-electron chi connectivity index (χ2n) is 5.92. The average molecular weight is 488 g/mol. The van der Waals surface area contributed by atoms with Gasteiger partial charge in [-0.1, -0.05) is 18.2 Å². The van der Waals surface area contributed by atoms with E-state index in [-0.39, 0.29) is 24.0 Å². The van der Waals surface area contributed by atoms with Crippen LogP contribution in [0, 0.1) is 13.8 Å². The number of nitrogens with one attached hydrogen (secondary N) is 2. The first kappa shape index (κ1) is 22.4. The van der Waals surface area contributed by atoms with E-state index in [4.69, 9.17) is 0 Å². The summed E-state index contributed by atoms with van der Waals surface area (Å²) in [6.07, 6.45) is 2.99. The molecule has 0 radical (unpaired) electrons. The number of rotatable bonds is 5. The Kier molecular flexibility index (Phi) is 8.48. The molecule has 6 nitrogen and oxygen atoms in total. The highest BCUT2D eigenvalue weighted by Crippen LogP contribution is 2.16. The van der Waals surface area contributed by atoms with Gasteiger partial charge in [0.2, 0.25) is 0 Å². The summed E-state index contributed by atoms with van der Waals surface area (Å²) >= 11 is 0. The number of aliphatic imine (C=N–C) groups is 1. The van der Waals surface area contributed by atoms with Crippen molar-refractivity contribution in [2.45, 2.75) is 31.8 Å². The first-order valence-corrected chi connectivity index (χ1v) is 9.85. The highest BCUT2D eigenvalue weighted by molar-refractivity contribution is 14.0. The number of aromatic nitrogens is 1. The van der Waals surface area contributed by atoms with Crippen molar-refractivity contribution in [1.82, 2.24) is 15.6 Å². The normalized spacial score (nSPS) is 11.6. The second kappa shape index (κ2) is 9.86. The fourth-order valence-corrected chi connectivity index (χ4v) is 3.47. The minimum absolute atomic E-state index is 0. The molecule has 2 aromatic rings. The summed E-state index contributed by atoms with van der Waals surface area (Å²) in [6, 6.07) is 9.27. The van der Waals surface area contributed by atoms with Gasteiger partial charge in [0.1, 0.15) is 0 Å². The third-order valence-corrected chi connectivity index (χ3v) is 5.12. The molecular formula is C18H25IN4O2S. The van der Waals surface area contributed by atoms with E-state index in [9.17, 15) is 8.42 Å². The zero-order chi connectivity index (χ0) is 18.4. The van der Waals surface area contributed by atoms with Crippen LogP contribution in [0.25, 0.3) is 0 Å². The van der Waals surface area contributed by atoms with Gasteiger partial charge >= 0.3 is 0 Å². The van der Waals surface area contributed by atoms with E-state index in [1.54, 1.807) is 26.2 Å². The van der Waals surface area contributed by atoms with Crippen LogP contribution in [0.2, 0.25) is 0 Å². The van der Waals surface area contributed by atoms with E-state index in [1.807, 2.05) is 31.2 Å². The molecule has 26 heavy (non-hydrogen) atoms. The lowest BCUT2D eigenvalue weighted by molar-refractivity contribution is 0.601. The van der Waals surface area contributed by atoms with Gasteiger partial charge in [0.25, 0.3) is 0 Å². The van der Waals surface area contributed by atoms with Gasteiger partial charge < -0.3 is 10.6 Å². The molecule has 0 saturated carbocycles. The molecule has 0 unspecified atom stereocenters. The summed E-state index contributed by atoms with van der Waals surface area (Å²) in [5.41, 5.74) is 3.83. The lowest BCUT2D eigenvalue weighted by Crippen LogP contribution is -2.36. The van der Waals surface area contributed by atoms with Crippen molar-refractivity contribution in [1.29, 1.82) is 0 Å². The van der Waals surface area contributed by atoms with Crippen molar-refractivity contribution < 1.29 is 8.42 Å². The zero-order valence-corrected chi connectivity index (χ0v) is 18.6. The summed E-state index contributed by atoms with van der Waals surface area (Å²) in [4.78, 5) is 8.91. The summed E-state index contributed by atoms with van der Waals surface area (Å²) in [6.45, 7) is 4.95. The molecule has 0 amide bonds. The molecule has 2 N–H and O–H groups in total. The number of aryl methyl sites for hydroxylation is 2. The number of pyridine rings is 1. The highest BCUT2D eigenvalue weighted by Gasteiger charge is 2.11. The topological polar surface area (TPSA) is 83.5 Å². The Bertz CT molecular complexity index is 883. The maximum absolute atomic E-state index is 11.7. The summed E-state index contributed by atoms with van der Waals surface area (Å²) in [7, 11) is -1.49. The fraction of sp³-hybridized carbons (Fsp3) is 0.333. The van der Waals surface area contributed by atoms with Crippen molar-refractivity contribution in [2.75, 3.05) is 13.3 Å². The first-order chi connectivity index (χ1) is 11.8. The number of benzene rings is 1. The van der Waals surface area contributed by atoms with Crippen LogP contribution in [0.15, 0.2) is 46.4 Å². The number of hydrogen-bond acceptors (Lipinski definition) is 4. The van der Waals surface area contributed by atoms with E-state index in [0.29, 0.717) is 23.9 Å². The predicted octanol–water partition coefficient (Wildman–Crippen LogP) is 2.59. The maximum Gasteiger partial charge on any atom is 0.191 e. The molecule has 2 rings (SSSR count). The zero-order valence-electron chi connectivity index (χ0n) is 15.4. The molecule has 0 fully saturated rings. The van der Waals surface area contributed by atoms with Gasteiger partial charge in [-0.05, 0) is 42.7 Å². The largest absolute Gasteiger partial charge is 0.352 e. The van der Waals surface area contributed by atoms with Crippen LogP contribution in [0.1, 0.15) is 22.4 Å². The number of sulfone groups is 1. The predicted molar refractivity (Wildman–Crippen MR) is 116 cm³/mol. The van der Waals surface area contributed by atoms with Crippen LogP contribution in [-0.4, -0.2) is 32.7 Å². The Hall–Kier alpha value is -1.68. The monoisotopic (exact) mass is 488 g/mol. The molecular weight excluding hydrogens is 463 g/mol. The van der Waals surface area contributed by atoms with Gasteiger partial charge in [-0.2, -0.15) is 0 Å².